The fourth-order valence-corrected chi connectivity index (χ4v) is 2.42. The van der Waals surface area contributed by atoms with Gasteiger partial charge in [-0.25, -0.2) is 0 Å². The summed E-state index contributed by atoms with van der Waals surface area (Å²) in [6.45, 7) is 3.97. The summed E-state index contributed by atoms with van der Waals surface area (Å²) in [7, 11) is 0. The van der Waals surface area contributed by atoms with Gasteiger partial charge in [0.2, 0.25) is 0 Å². The highest BCUT2D eigenvalue weighted by atomic mass is 79.9. The van der Waals surface area contributed by atoms with Gasteiger partial charge in [0.1, 0.15) is 11.9 Å². The molecule has 0 bridgehead atoms. The van der Waals surface area contributed by atoms with Gasteiger partial charge < -0.3 is 15.8 Å². The van der Waals surface area contributed by atoms with E-state index < -0.39 is 5.91 Å². The van der Waals surface area contributed by atoms with Crippen molar-refractivity contribution in [1.29, 1.82) is 0 Å². The van der Waals surface area contributed by atoms with E-state index in [1.807, 2.05) is 0 Å². The van der Waals surface area contributed by atoms with E-state index in [0.29, 0.717) is 17.2 Å². The van der Waals surface area contributed by atoms with Crippen LogP contribution in [-0.2, 0) is 0 Å². The van der Waals surface area contributed by atoms with Crippen LogP contribution < -0.4 is 15.8 Å². The lowest BCUT2D eigenvalue weighted by Gasteiger charge is -2.30. The average Bonchev–Trinajstić information content (AvgIpc) is 2.32. The van der Waals surface area contributed by atoms with Gasteiger partial charge in [0.15, 0.2) is 0 Å². The van der Waals surface area contributed by atoms with E-state index in [2.05, 4.69) is 28.2 Å². The summed E-state index contributed by atoms with van der Waals surface area (Å²) in [6, 6.07) is 5.26. The Morgan fingerprint density at radius 1 is 1.56 bits per heavy atom. The first-order chi connectivity index (χ1) is 8.58. The number of nitrogens with one attached hydrogen (secondary N) is 1. The first-order valence-corrected chi connectivity index (χ1v) is 6.84. The number of carbonyl (C=O) groups is 1. The number of hydrogen-bond acceptors (Lipinski definition) is 3. The van der Waals surface area contributed by atoms with Gasteiger partial charge in [-0.15, -0.1) is 0 Å². The maximum absolute atomic E-state index is 11.4. The third-order valence-corrected chi connectivity index (χ3v) is 3.74. The topological polar surface area (TPSA) is 64.3 Å². The SMILES string of the molecule is CC1CCNCC1Oc1cc(Br)ccc1C(N)=O. The van der Waals surface area contributed by atoms with Gasteiger partial charge >= 0.3 is 0 Å². The molecule has 2 unspecified atom stereocenters. The predicted octanol–water partition coefficient (Wildman–Crippen LogP) is 1.92. The minimum atomic E-state index is -0.464. The molecular formula is C13H17BrN2O2. The maximum Gasteiger partial charge on any atom is 0.252 e. The van der Waals surface area contributed by atoms with E-state index in [-0.39, 0.29) is 6.10 Å². The van der Waals surface area contributed by atoms with Gasteiger partial charge in [-0.3, -0.25) is 4.79 Å². The fraction of sp³-hybridized carbons (Fsp3) is 0.462. The van der Waals surface area contributed by atoms with Crippen molar-refractivity contribution in [2.45, 2.75) is 19.4 Å². The molecule has 1 aliphatic rings. The summed E-state index contributed by atoms with van der Waals surface area (Å²) < 4.78 is 6.82. The van der Waals surface area contributed by atoms with Crippen LogP contribution in [0.4, 0.5) is 0 Å². The van der Waals surface area contributed by atoms with Crippen LogP contribution in [-0.4, -0.2) is 25.1 Å². The van der Waals surface area contributed by atoms with Crippen LogP contribution in [0.15, 0.2) is 22.7 Å². The molecule has 1 aromatic carbocycles. The lowest BCUT2D eigenvalue weighted by molar-refractivity contribution is 0.0965. The van der Waals surface area contributed by atoms with E-state index in [0.717, 1.165) is 24.0 Å². The van der Waals surface area contributed by atoms with E-state index in [1.54, 1.807) is 18.2 Å². The number of primary amides is 1. The smallest absolute Gasteiger partial charge is 0.252 e. The maximum atomic E-state index is 11.4. The summed E-state index contributed by atoms with van der Waals surface area (Å²) >= 11 is 3.38. The Morgan fingerprint density at radius 3 is 3.00 bits per heavy atom. The van der Waals surface area contributed by atoms with E-state index in [1.165, 1.54) is 0 Å². The number of amides is 1. The first-order valence-electron chi connectivity index (χ1n) is 6.04. The van der Waals surface area contributed by atoms with Crippen molar-refractivity contribution in [2.75, 3.05) is 13.1 Å². The molecule has 0 spiro atoms. The van der Waals surface area contributed by atoms with Crippen molar-refractivity contribution in [1.82, 2.24) is 5.32 Å². The summed E-state index contributed by atoms with van der Waals surface area (Å²) in [5.41, 5.74) is 5.78. The molecule has 2 atom stereocenters. The third kappa shape index (κ3) is 3.03. The summed E-state index contributed by atoms with van der Waals surface area (Å²) in [5.74, 6) is 0.553. The van der Waals surface area contributed by atoms with Crippen molar-refractivity contribution in [2.24, 2.45) is 11.7 Å². The first kappa shape index (κ1) is 13.4. The van der Waals surface area contributed by atoms with E-state index >= 15 is 0 Å². The number of piperidine rings is 1. The van der Waals surface area contributed by atoms with Crippen LogP contribution in [0, 0.1) is 5.92 Å². The van der Waals surface area contributed by atoms with Crippen LogP contribution in [0.5, 0.6) is 5.75 Å². The Kier molecular flexibility index (Phi) is 4.24. The van der Waals surface area contributed by atoms with Crippen molar-refractivity contribution in [3.8, 4) is 5.75 Å². The fourth-order valence-electron chi connectivity index (χ4n) is 2.08. The van der Waals surface area contributed by atoms with Crippen LogP contribution in [0.3, 0.4) is 0 Å². The highest BCUT2D eigenvalue weighted by Crippen LogP contribution is 2.27. The second kappa shape index (κ2) is 5.71. The minimum Gasteiger partial charge on any atom is -0.488 e. The van der Waals surface area contributed by atoms with Gasteiger partial charge in [0.25, 0.3) is 5.91 Å². The second-order valence-electron chi connectivity index (χ2n) is 4.63. The zero-order valence-corrected chi connectivity index (χ0v) is 11.9. The molecule has 0 radical (unpaired) electrons. The molecule has 3 N–H and O–H groups in total. The number of nitrogens with two attached hydrogens (primary N) is 1. The number of carbonyl (C=O) groups excluding carboxylic acids is 1. The van der Waals surface area contributed by atoms with Crippen molar-refractivity contribution < 1.29 is 9.53 Å². The molecule has 1 heterocycles. The zero-order chi connectivity index (χ0) is 13.1. The lowest BCUT2D eigenvalue weighted by Crippen LogP contribution is -2.43. The number of rotatable bonds is 3. The lowest BCUT2D eigenvalue weighted by atomic mass is 9.97. The molecule has 5 heteroatoms. The van der Waals surface area contributed by atoms with Gasteiger partial charge in [-0.1, -0.05) is 22.9 Å². The Labute approximate surface area is 115 Å². The Bertz CT molecular complexity index is 451. The summed E-state index contributed by atoms with van der Waals surface area (Å²) in [4.78, 5) is 11.4. The normalized spacial score (nSPS) is 23.7. The highest BCUT2D eigenvalue weighted by molar-refractivity contribution is 9.10. The van der Waals surface area contributed by atoms with Crippen molar-refractivity contribution in [3.05, 3.63) is 28.2 Å². The van der Waals surface area contributed by atoms with Gasteiger partial charge in [-0.05, 0) is 37.1 Å². The minimum absolute atomic E-state index is 0.0751. The Morgan fingerprint density at radius 2 is 2.33 bits per heavy atom. The molecule has 1 saturated heterocycles. The van der Waals surface area contributed by atoms with Gasteiger partial charge in [0.05, 0.1) is 5.56 Å². The van der Waals surface area contributed by atoms with Crippen LogP contribution in [0.2, 0.25) is 0 Å². The molecule has 98 valence electrons. The van der Waals surface area contributed by atoms with Gasteiger partial charge in [0, 0.05) is 11.0 Å². The molecule has 2 rings (SSSR count). The number of hydrogen-bond donors (Lipinski definition) is 2. The Hall–Kier alpha value is -1.07. The molecule has 1 fully saturated rings. The molecule has 0 aliphatic carbocycles. The molecule has 4 nitrogen and oxygen atoms in total. The number of benzene rings is 1. The van der Waals surface area contributed by atoms with Crippen LogP contribution >= 0.6 is 15.9 Å². The standard InChI is InChI=1S/C13H17BrN2O2/c1-8-4-5-16-7-12(8)18-11-6-9(14)2-3-10(11)13(15)17/h2-3,6,8,12,16H,4-5,7H2,1H3,(H2,15,17). The quantitative estimate of drug-likeness (QED) is 0.896. The average molecular weight is 313 g/mol. The highest BCUT2D eigenvalue weighted by Gasteiger charge is 2.24. The largest absolute Gasteiger partial charge is 0.488 e. The van der Waals surface area contributed by atoms with Crippen molar-refractivity contribution >= 4 is 21.8 Å². The van der Waals surface area contributed by atoms with Crippen LogP contribution in [0.1, 0.15) is 23.7 Å². The molecule has 1 amide bonds. The van der Waals surface area contributed by atoms with E-state index in [9.17, 15) is 4.79 Å². The number of ether oxygens (including phenoxy) is 1. The summed E-state index contributed by atoms with van der Waals surface area (Å²) in [5, 5.41) is 3.30. The zero-order valence-electron chi connectivity index (χ0n) is 10.3. The number of halogens is 1. The molecule has 0 saturated carbocycles. The third-order valence-electron chi connectivity index (χ3n) is 3.24. The molecular weight excluding hydrogens is 296 g/mol. The second-order valence-corrected chi connectivity index (χ2v) is 5.55. The van der Waals surface area contributed by atoms with E-state index in [4.69, 9.17) is 10.5 Å². The van der Waals surface area contributed by atoms with Crippen LogP contribution in [0.25, 0.3) is 0 Å². The molecule has 18 heavy (non-hydrogen) atoms. The molecule has 1 aliphatic heterocycles. The molecule has 0 aromatic heterocycles. The monoisotopic (exact) mass is 312 g/mol. The predicted molar refractivity (Wildman–Crippen MR) is 73.7 cm³/mol. The molecule has 1 aromatic rings. The summed E-state index contributed by atoms with van der Waals surface area (Å²) in [6.07, 6.45) is 1.15. The Balaban J connectivity index is 2.21. The van der Waals surface area contributed by atoms with Gasteiger partial charge in [-0.2, -0.15) is 0 Å². The van der Waals surface area contributed by atoms with Crippen molar-refractivity contribution in [3.63, 3.8) is 0 Å².